The molecule has 0 saturated heterocycles. The molecule has 0 bridgehead atoms. The summed E-state index contributed by atoms with van der Waals surface area (Å²) >= 11 is 0. The lowest BCUT2D eigenvalue weighted by atomic mass is 10.1. The fraction of sp³-hybridized carbons (Fsp3) is 0.250. The summed E-state index contributed by atoms with van der Waals surface area (Å²) in [6.07, 6.45) is 1.67. The minimum Gasteiger partial charge on any atom is -0.506 e. The highest BCUT2D eigenvalue weighted by Crippen LogP contribution is 2.12. The van der Waals surface area contributed by atoms with E-state index in [0.717, 1.165) is 11.3 Å². The van der Waals surface area contributed by atoms with Crippen molar-refractivity contribution < 1.29 is 5.11 Å². The van der Waals surface area contributed by atoms with Gasteiger partial charge < -0.3 is 5.11 Å². The zero-order valence-corrected chi connectivity index (χ0v) is 6.20. The van der Waals surface area contributed by atoms with E-state index in [1.165, 1.54) is 6.20 Å². The Labute approximate surface area is 64.9 Å². The minimum absolute atomic E-state index is 0.112. The van der Waals surface area contributed by atoms with E-state index in [2.05, 4.69) is 4.98 Å². The normalized spacial score (nSPS) is 9.09. The SMILES string of the molecule is Cc1ncc(O)cc1CC#N. The Morgan fingerprint density at radius 1 is 1.73 bits per heavy atom. The Morgan fingerprint density at radius 3 is 3.09 bits per heavy atom. The summed E-state index contributed by atoms with van der Waals surface area (Å²) in [5.74, 6) is 0.112. The molecule has 0 aliphatic heterocycles. The van der Waals surface area contributed by atoms with Gasteiger partial charge in [-0.3, -0.25) is 4.98 Å². The van der Waals surface area contributed by atoms with E-state index in [-0.39, 0.29) is 5.75 Å². The van der Waals surface area contributed by atoms with Crippen molar-refractivity contribution in [2.75, 3.05) is 0 Å². The highest BCUT2D eigenvalue weighted by molar-refractivity contribution is 5.29. The summed E-state index contributed by atoms with van der Waals surface area (Å²) in [7, 11) is 0. The van der Waals surface area contributed by atoms with Crippen LogP contribution < -0.4 is 0 Å². The minimum atomic E-state index is 0.112. The van der Waals surface area contributed by atoms with Gasteiger partial charge in [-0.15, -0.1) is 0 Å². The number of nitriles is 1. The van der Waals surface area contributed by atoms with Crippen molar-refractivity contribution in [1.29, 1.82) is 5.26 Å². The number of rotatable bonds is 1. The zero-order chi connectivity index (χ0) is 8.27. The van der Waals surface area contributed by atoms with Crippen LogP contribution in [0, 0.1) is 18.3 Å². The van der Waals surface area contributed by atoms with Crippen LogP contribution in [-0.2, 0) is 6.42 Å². The topological polar surface area (TPSA) is 56.9 Å². The quantitative estimate of drug-likeness (QED) is 0.650. The van der Waals surface area contributed by atoms with Crippen LogP contribution >= 0.6 is 0 Å². The number of pyridine rings is 1. The Kier molecular flexibility index (Phi) is 2.07. The van der Waals surface area contributed by atoms with E-state index < -0.39 is 0 Å². The van der Waals surface area contributed by atoms with Gasteiger partial charge in [-0.1, -0.05) is 0 Å². The van der Waals surface area contributed by atoms with Gasteiger partial charge in [0.1, 0.15) is 5.75 Å². The second-order valence-corrected chi connectivity index (χ2v) is 2.27. The fourth-order valence-corrected chi connectivity index (χ4v) is 0.830. The number of nitrogens with zero attached hydrogens (tertiary/aromatic N) is 2. The molecule has 0 fully saturated rings. The van der Waals surface area contributed by atoms with Crippen LogP contribution in [0.15, 0.2) is 12.3 Å². The van der Waals surface area contributed by atoms with Crippen molar-refractivity contribution in [3.63, 3.8) is 0 Å². The largest absolute Gasteiger partial charge is 0.506 e. The lowest BCUT2D eigenvalue weighted by Gasteiger charge is -1.99. The van der Waals surface area contributed by atoms with Crippen LogP contribution in [0.3, 0.4) is 0 Å². The van der Waals surface area contributed by atoms with Gasteiger partial charge in [0, 0.05) is 5.69 Å². The van der Waals surface area contributed by atoms with Gasteiger partial charge in [0.25, 0.3) is 0 Å². The summed E-state index contributed by atoms with van der Waals surface area (Å²) in [5.41, 5.74) is 1.58. The van der Waals surface area contributed by atoms with Gasteiger partial charge in [0.05, 0.1) is 18.7 Å². The molecule has 1 rings (SSSR count). The molecule has 3 nitrogen and oxygen atoms in total. The van der Waals surface area contributed by atoms with E-state index in [0.29, 0.717) is 6.42 Å². The number of aromatic hydroxyl groups is 1. The molecule has 0 unspecified atom stereocenters. The fourth-order valence-electron chi connectivity index (χ4n) is 0.830. The molecule has 0 radical (unpaired) electrons. The first-order chi connectivity index (χ1) is 5.24. The third-order valence-corrected chi connectivity index (χ3v) is 1.45. The second kappa shape index (κ2) is 3.02. The summed E-state index contributed by atoms with van der Waals surface area (Å²) < 4.78 is 0. The lowest BCUT2D eigenvalue weighted by Crippen LogP contribution is -1.89. The van der Waals surface area contributed by atoms with Gasteiger partial charge in [-0.25, -0.2) is 0 Å². The standard InChI is InChI=1S/C8H8N2O/c1-6-7(2-3-9)4-8(11)5-10-6/h4-5,11H,2H2,1H3. The molecular formula is C8H8N2O. The van der Waals surface area contributed by atoms with Crippen LogP contribution in [0.5, 0.6) is 5.75 Å². The average Bonchev–Trinajstić information content (AvgIpc) is 1.98. The van der Waals surface area contributed by atoms with Gasteiger partial charge in [0.2, 0.25) is 0 Å². The first kappa shape index (κ1) is 7.55. The van der Waals surface area contributed by atoms with Crippen LogP contribution in [0.1, 0.15) is 11.3 Å². The molecule has 1 N–H and O–H groups in total. The molecule has 0 spiro atoms. The second-order valence-electron chi connectivity index (χ2n) is 2.27. The van der Waals surface area contributed by atoms with Crippen LogP contribution in [0.2, 0.25) is 0 Å². The average molecular weight is 148 g/mol. The highest BCUT2D eigenvalue weighted by Gasteiger charge is 1.99. The Balaban J connectivity index is 3.05. The van der Waals surface area contributed by atoms with Crippen LogP contribution in [0.25, 0.3) is 0 Å². The number of hydrogen-bond donors (Lipinski definition) is 1. The smallest absolute Gasteiger partial charge is 0.134 e. The predicted molar refractivity (Wildman–Crippen MR) is 40.0 cm³/mol. The van der Waals surface area contributed by atoms with Crippen molar-refractivity contribution in [1.82, 2.24) is 4.98 Å². The molecular weight excluding hydrogens is 140 g/mol. The molecule has 11 heavy (non-hydrogen) atoms. The van der Waals surface area contributed by atoms with Gasteiger partial charge >= 0.3 is 0 Å². The number of aryl methyl sites for hydroxylation is 1. The summed E-state index contributed by atoms with van der Waals surface area (Å²) in [5, 5.41) is 17.4. The molecule has 0 aromatic carbocycles. The van der Waals surface area contributed by atoms with E-state index in [1.807, 2.05) is 13.0 Å². The van der Waals surface area contributed by atoms with E-state index in [9.17, 15) is 0 Å². The molecule has 0 saturated carbocycles. The third-order valence-electron chi connectivity index (χ3n) is 1.45. The predicted octanol–water partition coefficient (Wildman–Crippen LogP) is 1.16. The maximum Gasteiger partial charge on any atom is 0.134 e. The van der Waals surface area contributed by atoms with E-state index >= 15 is 0 Å². The molecule has 56 valence electrons. The molecule has 0 aliphatic carbocycles. The zero-order valence-electron chi connectivity index (χ0n) is 6.20. The molecule has 0 aliphatic rings. The van der Waals surface area contributed by atoms with Crippen molar-refractivity contribution in [3.05, 3.63) is 23.5 Å². The molecule has 3 heteroatoms. The van der Waals surface area contributed by atoms with Crippen LogP contribution in [0.4, 0.5) is 0 Å². The summed E-state index contributed by atoms with van der Waals surface area (Å²) in [6, 6.07) is 3.56. The van der Waals surface area contributed by atoms with Crippen LogP contribution in [-0.4, -0.2) is 10.1 Å². The van der Waals surface area contributed by atoms with Crippen molar-refractivity contribution >= 4 is 0 Å². The van der Waals surface area contributed by atoms with Gasteiger partial charge in [0.15, 0.2) is 0 Å². The van der Waals surface area contributed by atoms with Gasteiger partial charge in [-0.2, -0.15) is 5.26 Å². The third kappa shape index (κ3) is 1.68. The molecule has 1 aromatic heterocycles. The van der Waals surface area contributed by atoms with Crippen molar-refractivity contribution in [3.8, 4) is 11.8 Å². The monoisotopic (exact) mass is 148 g/mol. The van der Waals surface area contributed by atoms with Crippen molar-refractivity contribution in [2.45, 2.75) is 13.3 Å². The summed E-state index contributed by atoms with van der Waals surface area (Å²) in [6.45, 7) is 1.81. The maximum atomic E-state index is 8.99. The number of aromatic nitrogens is 1. The van der Waals surface area contributed by atoms with Gasteiger partial charge in [-0.05, 0) is 18.6 Å². The maximum absolute atomic E-state index is 8.99. The Hall–Kier alpha value is -1.56. The number of hydrogen-bond acceptors (Lipinski definition) is 3. The first-order valence-electron chi connectivity index (χ1n) is 3.25. The molecule has 0 amide bonds. The Morgan fingerprint density at radius 2 is 2.45 bits per heavy atom. The highest BCUT2D eigenvalue weighted by atomic mass is 16.3. The van der Waals surface area contributed by atoms with Crippen molar-refractivity contribution in [2.24, 2.45) is 0 Å². The molecule has 1 heterocycles. The van der Waals surface area contributed by atoms with E-state index in [1.54, 1.807) is 6.07 Å². The molecule has 0 atom stereocenters. The lowest BCUT2D eigenvalue weighted by molar-refractivity contribution is 0.471. The first-order valence-corrected chi connectivity index (χ1v) is 3.25. The summed E-state index contributed by atoms with van der Waals surface area (Å²) in [4.78, 5) is 3.90. The van der Waals surface area contributed by atoms with E-state index in [4.69, 9.17) is 10.4 Å². The Bertz CT molecular complexity index is 301. The molecule has 1 aromatic rings.